The van der Waals surface area contributed by atoms with Crippen LogP contribution in [0, 0.1) is 5.92 Å². The van der Waals surface area contributed by atoms with Crippen molar-refractivity contribution in [1.29, 1.82) is 0 Å². The molecule has 1 unspecified atom stereocenters. The molecule has 96 valence electrons. The first-order chi connectivity index (χ1) is 8.22. The first-order valence-corrected chi connectivity index (χ1v) is 7.74. The number of nitrogens with one attached hydrogen (secondary N) is 1. The van der Waals surface area contributed by atoms with E-state index in [1.807, 2.05) is 11.7 Å². The zero-order chi connectivity index (χ0) is 12.3. The molecule has 3 nitrogen and oxygen atoms in total. The second-order valence-corrected chi connectivity index (χ2v) is 6.07. The first kappa shape index (κ1) is 13.2. The van der Waals surface area contributed by atoms with Gasteiger partial charge in [-0.05, 0) is 36.8 Å². The lowest BCUT2D eigenvalue weighted by Gasteiger charge is -2.10. The molecule has 0 aromatic carbocycles. The van der Waals surface area contributed by atoms with Crippen molar-refractivity contribution in [2.24, 2.45) is 13.0 Å². The van der Waals surface area contributed by atoms with Crippen LogP contribution in [0.4, 0.5) is 0 Å². The molecular weight excluding hydrogens is 254 g/mol. The Bertz CT molecular complexity index is 372. The molecule has 17 heavy (non-hydrogen) atoms. The number of aromatic nitrogens is 2. The lowest BCUT2D eigenvalue weighted by molar-refractivity contribution is 0.512. The molecular formula is C12H20ClN3S. The van der Waals surface area contributed by atoms with E-state index in [0.29, 0.717) is 0 Å². The van der Waals surface area contributed by atoms with Gasteiger partial charge in [0, 0.05) is 13.6 Å². The van der Waals surface area contributed by atoms with Crippen molar-refractivity contribution >= 4 is 23.4 Å². The fraction of sp³-hybridized carbons (Fsp3) is 0.750. The predicted molar refractivity (Wildman–Crippen MR) is 74.7 cm³/mol. The van der Waals surface area contributed by atoms with E-state index < -0.39 is 0 Å². The van der Waals surface area contributed by atoms with Crippen molar-refractivity contribution in [3.8, 4) is 0 Å². The van der Waals surface area contributed by atoms with Crippen LogP contribution in [0.1, 0.15) is 24.7 Å². The lowest BCUT2D eigenvalue weighted by Crippen LogP contribution is -2.23. The highest BCUT2D eigenvalue weighted by atomic mass is 35.5. The normalized spacial score (nSPS) is 20.1. The summed E-state index contributed by atoms with van der Waals surface area (Å²) in [6, 6.07) is 0. The third-order valence-electron chi connectivity index (χ3n) is 3.25. The highest BCUT2D eigenvalue weighted by Gasteiger charge is 2.16. The summed E-state index contributed by atoms with van der Waals surface area (Å²) in [5.41, 5.74) is 2.11. The number of halogens is 1. The molecule has 1 N–H and O–H groups in total. The Morgan fingerprint density at radius 3 is 3.00 bits per heavy atom. The van der Waals surface area contributed by atoms with E-state index in [0.717, 1.165) is 41.8 Å². The van der Waals surface area contributed by atoms with Gasteiger partial charge in [0.25, 0.3) is 0 Å². The number of nitrogens with zero attached hydrogens (tertiary/aromatic N) is 2. The topological polar surface area (TPSA) is 29.9 Å². The highest BCUT2D eigenvalue weighted by Crippen LogP contribution is 2.23. The van der Waals surface area contributed by atoms with Gasteiger partial charge in [0.15, 0.2) is 0 Å². The monoisotopic (exact) mass is 273 g/mol. The van der Waals surface area contributed by atoms with Crippen molar-refractivity contribution < 1.29 is 0 Å². The van der Waals surface area contributed by atoms with Crippen molar-refractivity contribution in [2.45, 2.75) is 26.3 Å². The number of hydrogen-bond donors (Lipinski definition) is 1. The summed E-state index contributed by atoms with van der Waals surface area (Å²) >= 11 is 8.36. The Labute approximate surface area is 112 Å². The summed E-state index contributed by atoms with van der Waals surface area (Å²) in [5.74, 6) is 3.45. The Morgan fingerprint density at radius 2 is 2.41 bits per heavy atom. The molecule has 0 spiro atoms. The molecule has 0 aliphatic carbocycles. The minimum Gasteiger partial charge on any atom is -0.311 e. The van der Waals surface area contributed by atoms with Crippen LogP contribution in [0.15, 0.2) is 0 Å². The van der Waals surface area contributed by atoms with Gasteiger partial charge in [-0.25, -0.2) is 0 Å². The van der Waals surface area contributed by atoms with Crippen LogP contribution in [0.5, 0.6) is 0 Å². The average Bonchev–Trinajstić information content (AvgIpc) is 2.91. The van der Waals surface area contributed by atoms with E-state index in [1.165, 1.54) is 17.9 Å². The summed E-state index contributed by atoms with van der Waals surface area (Å²) < 4.78 is 1.90. The average molecular weight is 274 g/mol. The Balaban J connectivity index is 1.87. The summed E-state index contributed by atoms with van der Waals surface area (Å²) in [6.45, 7) is 4.00. The number of thioether (sulfide) groups is 1. The zero-order valence-corrected chi connectivity index (χ0v) is 12.1. The molecule has 0 radical (unpaired) electrons. The van der Waals surface area contributed by atoms with Crippen LogP contribution in [-0.2, 0) is 20.0 Å². The SMILES string of the molecule is CCc1nn(C)c(CNCC2CCSC2)c1Cl. The third kappa shape index (κ3) is 3.18. The molecule has 1 atom stereocenters. The summed E-state index contributed by atoms with van der Waals surface area (Å²) in [7, 11) is 1.97. The van der Waals surface area contributed by atoms with E-state index >= 15 is 0 Å². The number of hydrogen-bond acceptors (Lipinski definition) is 3. The second-order valence-electron chi connectivity index (χ2n) is 4.55. The fourth-order valence-electron chi connectivity index (χ4n) is 2.15. The Kier molecular flexibility index (Phi) is 4.77. The van der Waals surface area contributed by atoms with E-state index in [1.54, 1.807) is 0 Å². The van der Waals surface area contributed by atoms with Crippen LogP contribution in [0.2, 0.25) is 5.02 Å². The second kappa shape index (κ2) is 6.12. The molecule has 0 bridgehead atoms. The van der Waals surface area contributed by atoms with Crippen molar-refractivity contribution in [3.63, 3.8) is 0 Å². The molecule has 0 amide bonds. The minimum absolute atomic E-state index is 0.823. The van der Waals surface area contributed by atoms with Crippen molar-refractivity contribution in [1.82, 2.24) is 15.1 Å². The molecule has 2 heterocycles. The van der Waals surface area contributed by atoms with Crippen molar-refractivity contribution in [2.75, 3.05) is 18.1 Å². The smallest absolute Gasteiger partial charge is 0.0863 e. The van der Waals surface area contributed by atoms with Gasteiger partial charge < -0.3 is 5.32 Å². The molecule has 1 fully saturated rings. The number of aryl methyl sites for hydroxylation is 2. The standard InChI is InChI=1S/C12H20ClN3S/c1-3-10-12(13)11(16(2)15-10)7-14-6-9-4-5-17-8-9/h9,14H,3-8H2,1-2H3. The predicted octanol–water partition coefficient (Wildman–Crippen LogP) is 2.48. The van der Waals surface area contributed by atoms with Gasteiger partial charge in [-0.1, -0.05) is 18.5 Å². The van der Waals surface area contributed by atoms with Crippen LogP contribution in [-0.4, -0.2) is 27.8 Å². The maximum absolute atomic E-state index is 6.30. The Hall–Kier alpha value is -0.190. The highest BCUT2D eigenvalue weighted by molar-refractivity contribution is 7.99. The van der Waals surface area contributed by atoms with Crippen LogP contribution in [0.25, 0.3) is 0 Å². The maximum atomic E-state index is 6.30. The van der Waals surface area contributed by atoms with Gasteiger partial charge in [0.1, 0.15) is 0 Å². The van der Waals surface area contributed by atoms with Crippen LogP contribution >= 0.6 is 23.4 Å². The van der Waals surface area contributed by atoms with Gasteiger partial charge in [-0.2, -0.15) is 16.9 Å². The van der Waals surface area contributed by atoms with E-state index in [9.17, 15) is 0 Å². The molecule has 1 saturated heterocycles. The van der Waals surface area contributed by atoms with E-state index in [2.05, 4.69) is 29.1 Å². The van der Waals surface area contributed by atoms with Gasteiger partial charge in [0.05, 0.1) is 16.4 Å². The summed E-state index contributed by atoms with van der Waals surface area (Å²) in [6.07, 6.45) is 2.24. The largest absolute Gasteiger partial charge is 0.311 e. The van der Waals surface area contributed by atoms with Crippen LogP contribution < -0.4 is 5.32 Å². The lowest BCUT2D eigenvalue weighted by atomic mass is 10.1. The molecule has 2 rings (SSSR count). The first-order valence-electron chi connectivity index (χ1n) is 6.21. The third-order valence-corrected chi connectivity index (χ3v) is 4.92. The van der Waals surface area contributed by atoms with Gasteiger partial charge in [0.2, 0.25) is 0 Å². The van der Waals surface area contributed by atoms with Crippen molar-refractivity contribution in [3.05, 3.63) is 16.4 Å². The van der Waals surface area contributed by atoms with Gasteiger partial charge >= 0.3 is 0 Å². The number of rotatable bonds is 5. The van der Waals surface area contributed by atoms with E-state index in [-0.39, 0.29) is 0 Å². The quantitative estimate of drug-likeness (QED) is 0.894. The fourth-order valence-corrected chi connectivity index (χ4v) is 3.80. The molecule has 1 aliphatic heterocycles. The van der Waals surface area contributed by atoms with Gasteiger partial charge in [-0.3, -0.25) is 4.68 Å². The Morgan fingerprint density at radius 1 is 1.59 bits per heavy atom. The van der Waals surface area contributed by atoms with Crippen LogP contribution in [0.3, 0.4) is 0 Å². The summed E-state index contributed by atoms with van der Waals surface area (Å²) in [4.78, 5) is 0. The van der Waals surface area contributed by atoms with Gasteiger partial charge in [-0.15, -0.1) is 0 Å². The molecule has 1 aliphatic rings. The zero-order valence-electron chi connectivity index (χ0n) is 10.5. The minimum atomic E-state index is 0.823. The maximum Gasteiger partial charge on any atom is 0.0863 e. The summed E-state index contributed by atoms with van der Waals surface area (Å²) in [5, 5.41) is 8.76. The molecule has 1 aromatic heterocycles. The van der Waals surface area contributed by atoms with E-state index in [4.69, 9.17) is 11.6 Å². The molecule has 0 saturated carbocycles. The molecule has 1 aromatic rings. The molecule has 5 heteroatoms.